The molecule has 2 rings (SSSR count). The standard InChI is InChI=1S/C11H11NO3/c1-13-7-8-2-3-10-11(9(8)6-12)15-5-4-14-10/h2-3H,4-5,7H2,1H3. The highest BCUT2D eigenvalue weighted by atomic mass is 16.6. The molecule has 78 valence electrons. The molecule has 0 bridgehead atoms. The zero-order chi connectivity index (χ0) is 10.7. The van der Waals surface area contributed by atoms with Crippen molar-refractivity contribution in [3.63, 3.8) is 0 Å². The maximum absolute atomic E-state index is 9.06. The van der Waals surface area contributed by atoms with E-state index in [9.17, 15) is 0 Å². The van der Waals surface area contributed by atoms with Gasteiger partial charge >= 0.3 is 0 Å². The van der Waals surface area contributed by atoms with Gasteiger partial charge < -0.3 is 14.2 Å². The van der Waals surface area contributed by atoms with Gasteiger partial charge in [0, 0.05) is 7.11 Å². The van der Waals surface area contributed by atoms with Gasteiger partial charge in [0.2, 0.25) is 0 Å². The Morgan fingerprint density at radius 2 is 2.20 bits per heavy atom. The number of nitriles is 1. The van der Waals surface area contributed by atoms with Crippen molar-refractivity contribution < 1.29 is 14.2 Å². The van der Waals surface area contributed by atoms with Crippen LogP contribution >= 0.6 is 0 Å². The topological polar surface area (TPSA) is 51.5 Å². The number of ether oxygens (including phenoxy) is 3. The van der Waals surface area contributed by atoms with Gasteiger partial charge in [-0.1, -0.05) is 6.07 Å². The highest BCUT2D eigenvalue weighted by Crippen LogP contribution is 2.35. The van der Waals surface area contributed by atoms with Crippen LogP contribution < -0.4 is 9.47 Å². The van der Waals surface area contributed by atoms with Gasteiger partial charge in [-0.15, -0.1) is 0 Å². The van der Waals surface area contributed by atoms with E-state index in [1.807, 2.05) is 12.1 Å². The van der Waals surface area contributed by atoms with Crippen molar-refractivity contribution in [3.8, 4) is 17.6 Å². The average molecular weight is 205 g/mol. The normalized spacial score (nSPS) is 13.3. The lowest BCUT2D eigenvalue weighted by atomic mass is 10.1. The zero-order valence-corrected chi connectivity index (χ0v) is 8.45. The van der Waals surface area contributed by atoms with Crippen molar-refractivity contribution in [3.05, 3.63) is 23.3 Å². The van der Waals surface area contributed by atoms with Crippen LogP contribution in [-0.4, -0.2) is 20.3 Å². The summed E-state index contributed by atoms with van der Waals surface area (Å²) in [5.74, 6) is 1.18. The Morgan fingerprint density at radius 3 is 2.93 bits per heavy atom. The van der Waals surface area contributed by atoms with Crippen LogP contribution in [-0.2, 0) is 11.3 Å². The summed E-state index contributed by atoms with van der Waals surface area (Å²) in [6.45, 7) is 1.42. The third-order valence-corrected chi connectivity index (χ3v) is 2.21. The van der Waals surface area contributed by atoms with Crippen molar-refractivity contribution in [2.45, 2.75) is 6.61 Å². The Labute approximate surface area is 88.0 Å². The molecule has 1 aliphatic rings. The molecule has 0 aromatic heterocycles. The maximum Gasteiger partial charge on any atom is 0.179 e. The highest BCUT2D eigenvalue weighted by molar-refractivity contribution is 5.57. The number of benzene rings is 1. The summed E-state index contributed by atoms with van der Waals surface area (Å²) in [6, 6.07) is 5.76. The first-order valence-corrected chi connectivity index (χ1v) is 4.67. The van der Waals surface area contributed by atoms with Crippen LogP contribution in [0.4, 0.5) is 0 Å². The summed E-state index contributed by atoms with van der Waals surface area (Å²) >= 11 is 0. The van der Waals surface area contributed by atoms with E-state index >= 15 is 0 Å². The van der Waals surface area contributed by atoms with E-state index < -0.39 is 0 Å². The third-order valence-electron chi connectivity index (χ3n) is 2.21. The molecule has 4 heteroatoms. The van der Waals surface area contributed by atoms with Crippen molar-refractivity contribution in [2.75, 3.05) is 20.3 Å². The molecule has 0 saturated carbocycles. The molecule has 1 heterocycles. The summed E-state index contributed by atoms with van der Waals surface area (Å²) in [6.07, 6.45) is 0. The smallest absolute Gasteiger partial charge is 0.179 e. The molecule has 0 spiro atoms. The van der Waals surface area contributed by atoms with Crippen LogP contribution in [0.5, 0.6) is 11.5 Å². The van der Waals surface area contributed by atoms with Crippen LogP contribution in [0.2, 0.25) is 0 Å². The molecule has 15 heavy (non-hydrogen) atoms. The summed E-state index contributed by atoms with van der Waals surface area (Å²) < 4.78 is 15.8. The van der Waals surface area contributed by atoms with Crippen molar-refractivity contribution in [1.29, 1.82) is 5.26 Å². The van der Waals surface area contributed by atoms with Gasteiger partial charge in [-0.25, -0.2) is 0 Å². The molecule has 0 radical (unpaired) electrons. The van der Waals surface area contributed by atoms with Crippen molar-refractivity contribution in [2.24, 2.45) is 0 Å². The van der Waals surface area contributed by atoms with Gasteiger partial charge in [-0.2, -0.15) is 5.26 Å². The second-order valence-electron chi connectivity index (χ2n) is 3.17. The van der Waals surface area contributed by atoms with E-state index in [0.29, 0.717) is 36.9 Å². The molecule has 0 atom stereocenters. The molecule has 1 aromatic carbocycles. The maximum atomic E-state index is 9.06. The van der Waals surface area contributed by atoms with Crippen LogP contribution in [0.1, 0.15) is 11.1 Å². The minimum absolute atomic E-state index is 0.402. The lowest BCUT2D eigenvalue weighted by molar-refractivity contribution is 0.167. The summed E-state index contributed by atoms with van der Waals surface area (Å²) in [5, 5.41) is 9.06. The predicted molar refractivity (Wildman–Crippen MR) is 52.9 cm³/mol. The number of hydrogen-bond donors (Lipinski definition) is 0. The van der Waals surface area contributed by atoms with Gasteiger partial charge in [-0.3, -0.25) is 0 Å². The second kappa shape index (κ2) is 4.20. The molecular formula is C11H11NO3. The Hall–Kier alpha value is -1.73. The molecule has 0 amide bonds. The number of methoxy groups -OCH3 is 1. The van der Waals surface area contributed by atoms with E-state index in [0.717, 1.165) is 5.56 Å². The zero-order valence-electron chi connectivity index (χ0n) is 8.45. The Bertz CT molecular complexity index is 409. The molecule has 0 unspecified atom stereocenters. The second-order valence-corrected chi connectivity index (χ2v) is 3.17. The largest absolute Gasteiger partial charge is 0.486 e. The van der Waals surface area contributed by atoms with Crippen LogP contribution in [0.15, 0.2) is 12.1 Å². The highest BCUT2D eigenvalue weighted by Gasteiger charge is 2.18. The molecule has 0 aliphatic carbocycles. The van der Waals surface area contributed by atoms with Gasteiger partial charge in [0.15, 0.2) is 11.5 Å². The Kier molecular flexibility index (Phi) is 2.75. The molecule has 0 N–H and O–H groups in total. The Balaban J connectivity index is 2.48. The summed E-state index contributed by atoms with van der Waals surface area (Å²) in [4.78, 5) is 0. The SMILES string of the molecule is COCc1ccc2c(c1C#N)OCCO2. The van der Waals surface area contributed by atoms with Crippen LogP contribution in [0, 0.1) is 11.3 Å². The van der Waals surface area contributed by atoms with Gasteiger partial charge in [0.25, 0.3) is 0 Å². The number of rotatable bonds is 2. The number of fused-ring (bicyclic) bond motifs is 1. The van der Waals surface area contributed by atoms with E-state index in [4.69, 9.17) is 19.5 Å². The van der Waals surface area contributed by atoms with E-state index in [-0.39, 0.29) is 0 Å². The first-order valence-electron chi connectivity index (χ1n) is 4.67. The van der Waals surface area contributed by atoms with Crippen LogP contribution in [0.3, 0.4) is 0 Å². The fraction of sp³-hybridized carbons (Fsp3) is 0.364. The number of nitrogens with zero attached hydrogens (tertiary/aromatic N) is 1. The predicted octanol–water partition coefficient (Wildman–Crippen LogP) is 1.48. The molecule has 1 aromatic rings. The van der Waals surface area contributed by atoms with Gasteiger partial charge in [-0.05, 0) is 11.6 Å². The Morgan fingerprint density at radius 1 is 1.40 bits per heavy atom. The minimum atomic E-state index is 0.402. The molecule has 1 aliphatic heterocycles. The van der Waals surface area contributed by atoms with E-state index in [2.05, 4.69) is 6.07 Å². The molecule has 0 fully saturated rings. The molecule has 4 nitrogen and oxygen atoms in total. The van der Waals surface area contributed by atoms with Gasteiger partial charge in [0.1, 0.15) is 24.8 Å². The fourth-order valence-corrected chi connectivity index (χ4v) is 1.55. The van der Waals surface area contributed by atoms with Gasteiger partial charge in [0.05, 0.1) is 6.61 Å². The van der Waals surface area contributed by atoms with E-state index in [1.54, 1.807) is 7.11 Å². The van der Waals surface area contributed by atoms with Crippen molar-refractivity contribution >= 4 is 0 Å². The monoisotopic (exact) mass is 205 g/mol. The summed E-state index contributed by atoms with van der Waals surface area (Å²) in [7, 11) is 1.60. The first kappa shape index (κ1) is 9.81. The average Bonchev–Trinajstić information content (AvgIpc) is 2.29. The first-order chi connectivity index (χ1) is 7.36. The minimum Gasteiger partial charge on any atom is -0.486 e. The van der Waals surface area contributed by atoms with Crippen LogP contribution in [0.25, 0.3) is 0 Å². The van der Waals surface area contributed by atoms with E-state index in [1.165, 1.54) is 0 Å². The fourth-order valence-electron chi connectivity index (χ4n) is 1.55. The molecular weight excluding hydrogens is 194 g/mol. The molecule has 0 saturated heterocycles. The lowest BCUT2D eigenvalue weighted by Crippen LogP contribution is -2.16. The summed E-state index contributed by atoms with van der Waals surface area (Å²) in [5.41, 5.74) is 1.33. The lowest BCUT2D eigenvalue weighted by Gasteiger charge is -2.20. The third kappa shape index (κ3) is 1.74. The van der Waals surface area contributed by atoms with Crippen molar-refractivity contribution in [1.82, 2.24) is 0 Å². The quantitative estimate of drug-likeness (QED) is 0.733. The number of hydrogen-bond acceptors (Lipinski definition) is 4.